The molecule has 0 bridgehead atoms. The molecule has 2 aromatic heterocycles. The van der Waals surface area contributed by atoms with E-state index in [1.54, 1.807) is 30.2 Å². The minimum Gasteiger partial charge on any atom is -0.481 e. The van der Waals surface area contributed by atoms with Gasteiger partial charge < -0.3 is 15.3 Å². The summed E-state index contributed by atoms with van der Waals surface area (Å²) in [7, 11) is 3.53. The van der Waals surface area contributed by atoms with Crippen LogP contribution in [0.2, 0.25) is 0 Å². The summed E-state index contributed by atoms with van der Waals surface area (Å²) in [6.07, 6.45) is 0.391. The lowest BCUT2D eigenvalue weighted by molar-refractivity contribution is -0.139. The Bertz CT molecular complexity index is 1240. The fourth-order valence-electron chi connectivity index (χ4n) is 4.08. The summed E-state index contributed by atoms with van der Waals surface area (Å²) in [5.74, 6) is -0.431. The molecule has 0 saturated carbocycles. The first-order valence-electron chi connectivity index (χ1n) is 11.5. The van der Waals surface area contributed by atoms with Crippen LogP contribution in [0.5, 0.6) is 0 Å². The molecule has 0 aliphatic rings. The molecular weight excluding hydrogens is 467 g/mol. The standard InChI is InChI=1S/C25H31FN6O4/c1-14(2)23-20(11-10-18(33)12-19(34)13-21(35)36)22(16-6-8-17(26)9-7-16)15(3)24(27-23)31(4)25-28-29-30-32(25)5/h6-11,14,18-19,33-34H,12-13H2,1-5H3,(H,35,36)/b11-10+/t18-,19-/m1/s1. The lowest BCUT2D eigenvalue weighted by atomic mass is 9.90. The van der Waals surface area contributed by atoms with E-state index in [-0.39, 0.29) is 18.2 Å². The van der Waals surface area contributed by atoms with E-state index < -0.39 is 24.6 Å². The molecule has 10 nitrogen and oxygen atoms in total. The second-order valence-corrected chi connectivity index (χ2v) is 8.97. The fraction of sp³-hybridized carbons (Fsp3) is 0.400. The largest absolute Gasteiger partial charge is 0.481 e. The molecule has 36 heavy (non-hydrogen) atoms. The second-order valence-electron chi connectivity index (χ2n) is 8.97. The van der Waals surface area contributed by atoms with Gasteiger partial charge in [-0.1, -0.05) is 43.2 Å². The van der Waals surface area contributed by atoms with Gasteiger partial charge in [0.2, 0.25) is 0 Å². The molecule has 1 aromatic carbocycles. The van der Waals surface area contributed by atoms with Crippen LogP contribution in [-0.2, 0) is 11.8 Å². The van der Waals surface area contributed by atoms with Gasteiger partial charge in [-0.15, -0.1) is 0 Å². The molecule has 192 valence electrons. The number of aryl methyl sites for hydroxylation is 1. The fourth-order valence-corrected chi connectivity index (χ4v) is 4.08. The van der Waals surface area contributed by atoms with Crippen molar-refractivity contribution >= 4 is 23.8 Å². The van der Waals surface area contributed by atoms with Crippen molar-refractivity contribution in [1.29, 1.82) is 0 Å². The zero-order chi connectivity index (χ0) is 26.6. The van der Waals surface area contributed by atoms with Crippen molar-refractivity contribution < 1.29 is 24.5 Å². The topological polar surface area (TPSA) is 137 Å². The molecule has 3 N–H and O–H groups in total. The lowest BCUT2D eigenvalue weighted by Gasteiger charge is -2.25. The normalized spacial score (nSPS) is 13.4. The highest BCUT2D eigenvalue weighted by Crippen LogP contribution is 2.38. The summed E-state index contributed by atoms with van der Waals surface area (Å²) in [4.78, 5) is 17.5. The van der Waals surface area contributed by atoms with Crippen molar-refractivity contribution in [1.82, 2.24) is 25.2 Å². The molecule has 0 aliphatic carbocycles. The van der Waals surface area contributed by atoms with Crippen LogP contribution in [-0.4, -0.2) is 65.7 Å². The minimum atomic E-state index is -1.18. The third-order valence-corrected chi connectivity index (χ3v) is 5.79. The zero-order valence-electron chi connectivity index (χ0n) is 20.9. The van der Waals surface area contributed by atoms with Crippen molar-refractivity contribution in [3.8, 4) is 11.1 Å². The number of nitrogens with zero attached hydrogens (tertiary/aromatic N) is 6. The number of anilines is 2. The van der Waals surface area contributed by atoms with E-state index in [0.29, 0.717) is 11.8 Å². The molecule has 2 heterocycles. The Morgan fingerprint density at radius 3 is 2.44 bits per heavy atom. The van der Waals surface area contributed by atoms with Gasteiger partial charge in [0.15, 0.2) is 0 Å². The number of carboxylic acid groups (broad SMARTS) is 1. The third kappa shape index (κ3) is 6.10. The Hall–Kier alpha value is -3.70. The van der Waals surface area contributed by atoms with Gasteiger partial charge in [0.05, 0.1) is 24.3 Å². The molecule has 3 rings (SSSR count). The summed E-state index contributed by atoms with van der Waals surface area (Å²) in [6.45, 7) is 5.88. The molecule has 0 aliphatic heterocycles. The van der Waals surface area contributed by atoms with Crippen LogP contribution in [0.4, 0.5) is 16.2 Å². The first-order chi connectivity index (χ1) is 17.0. The molecule has 0 spiro atoms. The maximum atomic E-state index is 13.8. The molecular formula is C25H31FN6O4. The van der Waals surface area contributed by atoms with E-state index in [1.807, 2.05) is 27.8 Å². The molecule has 0 saturated heterocycles. The van der Waals surface area contributed by atoms with Crippen molar-refractivity contribution in [3.63, 3.8) is 0 Å². The average Bonchev–Trinajstić information content (AvgIpc) is 3.23. The quantitative estimate of drug-likeness (QED) is 0.385. The second kappa shape index (κ2) is 11.4. The van der Waals surface area contributed by atoms with E-state index in [9.17, 15) is 19.4 Å². The number of aliphatic hydroxyl groups is 2. The Balaban J connectivity index is 2.17. The first-order valence-corrected chi connectivity index (χ1v) is 11.5. The molecule has 3 aromatic rings. The number of halogens is 1. The van der Waals surface area contributed by atoms with Crippen LogP contribution in [0.15, 0.2) is 30.3 Å². The van der Waals surface area contributed by atoms with E-state index in [2.05, 4.69) is 15.5 Å². The molecule has 11 heteroatoms. The molecule has 0 radical (unpaired) electrons. The van der Waals surface area contributed by atoms with Crippen LogP contribution in [0.25, 0.3) is 17.2 Å². The highest BCUT2D eigenvalue weighted by molar-refractivity contribution is 5.83. The first kappa shape index (κ1) is 26.9. The van der Waals surface area contributed by atoms with Crippen LogP contribution in [0.1, 0.15) is 49.4 Å². The number of hydrogen-bond donors (Lipinski definition) is 3. The van der Waals surface area contributed by atoms with Gasteiger partial charge in [-0.25, -0.2) is 14.1 Å². The van der Waals surface area contributed by atoms with Gasteiger partial charge >= 0.3 is 5.97 Å². The van der Waals surface area contributed by atoms with Gasteiger partial charge in [-0.05, 0) is 46.5 Å². The van der Waals surface area contributed by atoms with Crippen molar-refractivity contribution in [2.24, 2.45) is 7.05 Å². The summed E-state index contributed by atoms with van der Waals surface area (Å²) in [6, 6.07) is 6.12. The van der Waals surface area contributed by atoms with E-state index in [4.69, 9.17) is 10.1 Å². The third-order valence-electron chi connectivity index (χ3n) is 5.79. The van der Waals surface area contributed by atoms with Crippen LogP contribution in [0, 0.1) is 12.7 Å². The molecule has 0 amide bonds. The maximum absolute atomic E-state index is 13.8. The number of tetrazole rings is 1. The molecule has 2 atom stereocenters. The Kier molecular flexibility index (Phi) is 8.49. The smallest absolute Gasteiger partial charge is 0.305 e. The monoisotopic (exact) mass is 498 g/mol. The van der Waals surface area contributed by atoms with Crippen molar-refractivity contribution in [2.75, 3.05) is 11.9 Å². The number of carboxylic acids is 1. The Labute approximate surface area is 208 Å². The summed E-state index contributed by atoms with van der Waals surface area (Å²) in [5.41, 5.74) is 3.79. The van der Waals surface area contributed by atoms with E-state index in [0.717, 1.165) is 27.9 Å². The van der Waals surface area contributed by atoms with Gasteiger partial charge in [-0.3, -0.25) is 9.69 Å². The van der Waals surface area contributed by atoms with E-state index >= 15 is 0 Å². The number of carbonyl (C=O) groups is 1. The summed E-state index contributed by atoms with van der Waals surface area (Å²) >= 11 is 0. The predicted octanol–water partition coefficient (Wildman–Crippen LogP) is 3.21. The van der Waals surface area contributed by atoms with Crippen molar-refractivity contribution in [3.05, 3.63) is 53.0 Å². The highest BCUT2D eigenvalue weighted by Gasteiger charge is 2.24. The average molecular weight is 499 g/mol. The van der Waals surface area contributed by atoms with Gasteiger partial charge in [0.25, 0.3) is 5.95 Å². The number of aromatic nitrogens is 5. The predicted molar refractivity (Wildman–Crippen MR) is 133 cm³/mol. The Morgan fingerprint density at radius 1 is 1.22 bits per heavy atom. The number of benzene rings is 1. The zero-order valence-corrected chi connectivity index (χ0v) is 20.9. The number of hydrogen-bond acceptors (Lipinski definition) is 8. The molecule has 0 fully saturated rings. The van der Waals surface area contributed by atoms with Crippen LogP contribution >= 0.6 is 0 Å². The minimum absolute atomic E-state index is 0.0241. The van der Waals surface area contributed by atoms with Crippen LogP contribution < -0.4 is 4.90 Å². The van der Waals surface area contributed by atoms with Gasteiger partial charge in [0, 0.05) is 31.6 Å². The van der Waals surface area contributed by atoms with Crippen molar-refractivity contribution in [2.45, 2.75) is 51.7 Å². The number of aliphatic carboxylic acids is 1. The van der Waals surface area contributed by atoms with Gasteiger partial charge in [0.1, 0.15) is 11.6 Å². The lowest BCUT2D eigenvalue weighted by Crippen LogP contribution is -2.20. The van der Waals surface area contributed by atoms with Gasteiger partial charge in [-0.2, -0.15) is 0 Å². The SMILES string of the molecule is Cc1c(N(C)c2nnnn2C)nc(C(C)C)c(/C=C/[C@@H](O)C[C@@H](O)CC(=O)O)c1-c1ccc(F)cc1. The number of rotatable bonds is 10. The number of pyridine rings is 1. The van der Waals surface area contributed by atoms with E-state index in [1.165, 1.54) is 22.9 Å². The number of aliphatic hydroxyl groups excluding tert-OH is 2. The summed E-state index contributed by atoms with van der Waals surface area (Å²) in [5, 5.41) is 40.9. The maximum Gasteiger partial charge on any atom is 0.305 e. The highest BCUT2D eigenvalue weighted by atomic mass is 19.1. The Morgan fingerprint density at radius 2 is 1.89 bits per heavy atom. The summed E-state index contributed by atoms with van der Waals surface area (Å²) < 4.78 is 15.3. The molecule has 0 unspecified atom stereocenters. The van der Waals surface area contributed by atoms with Crippen LogP contribution in [0.3, 0.4) is 0 Å².